The monoisotopic (exact) mass is 320 g/mol. The molecule has 1 aromatic carbocycles. The fourth-order valence-electron chi connectivity index (χ4n) is 2.68. The summed E-state index contributed by atoms with van der Waals surface area (Å²) in [6, 6.07) is 13.3. The molecule has 4 heteroatoms. The lowest BCUT2D eigenvalue weighted by molar-refractivity contribution is -0.112. The molecule has 4 nitrogen and oxygen atoms in total. The largest absolute Gasteiger partial charge is 0.461 e. The Morgan fingerprint density at radius 3 is 2.62 bits per heavy atom. The predicted octanol–water partition coefficient (Wildman–Crippen LogP) is 4.51. The van der Waals surface area contributed by atoms with Crippen molar-refractivity contribution in [2.75, 3.05) is 5.32 Å². The van der Waals surface area contributed by atoms with Crippen molar-refractivity contribution in [3.05, 3.63) is 59.1 Å². The fraction of sp³-hybridized carbons (Fsp3) is 0.300. The van der Waals surface area contributed by atoms with Crippen LogP contribution in [0.25, 0.3) is 6.08 Å². The van der Waals surface area contributed by atoms with Gasteiger partial charge < -0.3 is 9.73 Å². The highest BCUT2D eigenvalue weighted by Gasteiger charge is 2.36. The van der Waals surface area contributed by atoms with Gasteiger partial charge in [0.15, 0.2) is 0 Å². The number of furan rings is 1. The molecule has 1 aliphatic rings. The first-order valence-corrected chi connectivity index (χ1v) is 8.22. The molecule has 122 valence electrons. The van der Waals surface area contributed by atoms with Crippen LogP contribution in [0.3, 0.4) is 0 Å². The summed E-state index contributed by atoms with van der Waals surface area (Å²) in [6.07, 6.45) is 3.57. The lowest BCUT2D eigenvalue weighted by Gasteiger charge is -2.05. The van der Waals surface area contributed by atoms with E-state index in [-0.39, 0.29) is 5.57 Å². The maximum absolute atomic E-state index is 12.3. The Morgan fingerprint density at radius 2 is 2.04 bits per heavy atom. The van der Waals surface area contributed by atoms with Crippen molar-refractivity contribution in [2.24, 2.45) is 5.92 Å². The highest BCUT2D eigenvalue weighted by Crippen LogP contribution is 2.47. The Bertz CT molecular complexity index is 809. The summed E-state index contributed by atoms with van der Waals surface area (Å²) in [5.41, 5.74) is 1.89. The van der Waals surface area contributed by atoms with Gasteiger partial charge in [-0.15, -0.1) is 0 Å². The average Bonchev–Trinajstić information content (AvgIpc) is 3.14. The first-order chi connectivity index (χ1) is 11.6. The van der Waals surface area contributed by atoms with E-state index in [9.17, 15) is 10.1 Å². The number of benzene rings is 1. The van der Waals surface area contributed by atoms with Crippen molar-refractivity contribution in [2.45, 2.75) is 32.6 Å². The molecule has 0 saturated heterocycles. The van der Waals surface area contributed by atoms with Crippen LogP contribution in [0.4, 0.5) is 5.69 Å². The van der Waals surface area contributed by atoms with Crippen LogP contribution in [0.15, 0.2) is 46.4 Å². The normalized spacial score (nSPS) is 19.6. The van der Waals surface area contributed by atoms with E-state index in [1.807, 2.05) is 36.4 Å². The second-order valence-corrected chi connectivity index (χ2v) is 6.23. The van der Waals surface area contributed by atoms with E-state index in [1.165, 1.54) is 11.6 Å². The molecule has 1 aliphatic carbocycles. The number of nitriles is 1. The average molecular weight is 320 g/mol. The van der Waals surface area contributed by atoms with Gasteiger partial charge in [0, 0.05) is 17.7 Å². The Morgan fingerprint density at radius 1 is 1.33 bits per heavy atom. The molecule has 3 rings (SSSR count). The SMILES string of the molecule is CCc1ccc(NC(=O)/C(C#N)=C/c2ccc([C@@H]3C[C@@H]3C)o2)cc1. The van der Waals surface area contributed by atoms with E-state index < -0.39 is 5.91 Å². The zero-order chi connectivity index (χ0) is 17.1. The van der Waals surface area contributed by atoms with Crippen molar-refractivity contribution in [3.8, 4) is 6.07 Å². The van der Waals surface area contributed by atoms with Gasteiger partial charge in [-0.05, 0) is 48.6 Å². The van der Waals surface area contributed by atoms with Crippen LogP contribution < -0.4 is 5.32 Å². The van der Waals surface area contributed by atoms with Crippen LogP contribution in [-0.2, 0) is 11.2 Å². The van der Waals surface area contributed by atoms with E-state index in [4.69, 9.17) is 4.42 Å². The van der Waals surface area contributed by atoms with Gasteiger partial charge in [0.2, 0.25) is 0 Å². The minimum Gasteiger partial charge on any atom is -0.461 e. The van der Waals surface area contributed by atoms with Crippen molar-refractivity contribution < 1.29 is 9.21 Å². The molecule has 1 N–H and O–H groups in total. The first kappa shape index (κ1) is 16.1. The predicted molar refractivity (Wildman–Crippen MR) is 93.3 cm³/mol. The van der Waals surface area contributed by atoms with Gasteiger partial charge in [-0.1, -0.05) is 26.0 Å². The lowest BCUT2D eigenvalue weighted by atomic mass is 10.1. The summed E-state index contributed by atoms with van der Waals surface area (Å²) in [7, 11) is 0. The number of hydrogen-bond donors (Lipinski definition) is 1. The van der Waals surface area contributed by atoms with Crippen LogP contribution in [0, 0.1) is 17.2 Å². The molecule has 24 heavy (non-hydrogen) atoms. The second kappa shape index (κ2) is 6.76. The minimum atomic E-state index is -0.431. The summed E-state index contributed by atoms with van der Waals surface area (Å²) in [6.45, 7) is 4.25. The summed E-state index contributed by atoms with van der Waals surface area (Å²) in [4.78, 5) is 12.3. The van der Waals surface area contributed by atoms with Gasteiger partial charge >= 0.3 is 0 Å². The Hall–Kier alpha value is -2.80. The highest BCUT2D eigenvalue weighted by molar-refractivity contribution is 6.09. The molecule has 0 bridgehead atoms. The van der Waals surface area contributed by atoms with Gasteiger partial charge in [0.25, 0.3) is 5.91 Å². The molecule has 0 spiro atoms. The van der Waals surface area contributed by atoms with Gasteiger partial charge in [0.05, 0.1) is 0 Å². The summed E-state index contributed by atoms with van der Waals surface area (Å²) >= 11 is 0. The lowest BCUT2D eigenvalue weighted by Crippen LogP contribution is -2.13. The Labute approximate surface area is 141 Å². The van der Waals surface area contributed by atoms with Crippen molar-refractivity contribution in [1.29, 1.82) is 5.26 Å². The van der Waals surface area contributed by atoms with E-state index in [0.717, 1.165) is 18.6 Å². The zero-order valence-corrected chi connectivity index (χ0v) is 13.9. The minimum absolute atomic E-state index is 0.0271. The number of nitrogens with zero attached hydrogens (tertiary/aromatic N) is 1. The third-order valence-electron chi connectivity index (χ3n) is 4.39. The molecule has 1 saturated carbocycles. The van der Waals surface area contributed by atoms with Crippen LogP contribution in [-0.4, -0.2) is 5.91 Å². The fourth-order valence-corrected chi connectivity index (χ4v) is 2.68. The van der Waals surface area contributed by atoms with Crippen molar-refractivity contribution in [3.63, 3.8) is 0 Å². The molecular formula is C20H20N2O2. The number of aryl methyl sites for hydroxylation is 1. The molecule has 0 aliphatic heterocycles. The Kier molecular flexibility index (Phi) is 4.52. The zero-order valence-electron chi connectivity index (χ0n) is 13.9. The first-order valence-electron chi connectivity index (χ1n) is 8.22. The van der Waals surface area contributed by atoms with Gasteiger partial charge in [-0.3, -0.25) is 4.79 Å². The van der Waals surface area contributed by atoms with Gasteiger partial charge in [-0.2, -0.15) is 5.26 Å². The molecule has 1 heterocycles. The number of anilines is 1. The topological polar surface area (TPSA) is 66.0 Å². The molecule has 1 amide bonds. The van der Waals surface area contributed by atoms with Crippen LogP contribution >= 0.6 is 0 Å². The van der Waals surface area contributed by atoms with Crippen LogP contribution in [0.2, 0.25) is 0 Å². The van der Waals surface area contributed by atoms with E-state index in [1.54, 1.807) is 6.07 Å². The number of hydrogen-bond acceptors (Lipinski definition) is 3. The standard InChI is InChI=1S/C20H20N2O2/c1-3-14-4-6-16(7-5-14)22-20(23)15(12-21)11-17-8-9-19(24-17)18-10-13(18)2/h4-9,11,13,18H,3,10H2,1-2H3,(H,22,23)/b15-11+/t13-,18+/m0/s1. The third-order valence-corrected chi connectivity index (χ3v) is 4.39. The van der Waals surface area contributed by atoms with Crippen LogP contribution in [0.1, 0.15) is 43.3 Å². The number of nitrogens with one attached hydrogen (secondary N) is 1. The number of carbonyl (C=O) groups excluding carboxylic acids is 1. The van der Waals surface area contributed by atoms with Crippen LogP contribution in [0.5, 0.6) is 0 Å². The van der Waals surface area contributed by atoms with E-state index >= 15 is 0 Å². The van der Waals surface area contributed by atoms with E-state index in [0.29, 0.717) is 23.3 Å². The molecule has 2 aromatic rings. The van der Waals surface area contributed by atoms with Crippen molar-refractivity contribution in [1.82, 2.24) is 0 Å². The molecular weight excluding hydrogens is 300 g/mol. The summed E-state index contributed by atoms with van der Waals surface area (Å²) in [5.74, 6) is 2.17. The number of rotatable bonds is 5. The highest BCUT2D eigenvalue weighted by atomic mass is 16.3. The molecule has 1 aromatic heterocycles. The second-order valence-electron chi connectivity index (χ2n) is 6.23. The van der Waals surface area contributed by atoms with Crippen molar-refractivity contribution >= 4 is 17.7 Å². The van der Waals surface area contributed by atoms with Gasteiger partial charge in [0.1, 0.15) is 23.2 Å². The number of amides is 1. The maximum atomic E-state index is 12.3. The molecule has 1 fully saturated rings. The van der Waals surface area contributed by atoms with E-state index in [2.05, 4.69) is 19.2 Å². The Balaban J connectivity index is 1.71. The third kappa shape index (κ3) is 3.57. The number of carbonyl (C=O) groups is 1. The smallest absolute Gasteiger partial charge is 0.266 e. The molecule has 0 unspecified atom stereocenters. The van der Waals surface area contributed by atoms with Gasteiger partial charge in [-0.25, -0.2) is 0 Å². The molecule has 0 radical (unpaired) electrons. The quantitative estimate of drug-likeness (QED) is 0.651. The maximum Gasteiger partial charge on any atom is 0.266 e. The summed E-state index contributed by atoms with van der Waals surface area (Å²) < 4.78 is 5.73. The summed E-state index contributed by atoms with van der Waals surface area (Å²) in [5, 5.41) is 12.0. The molecule has 2 atom stereocenters.